The van der Waals surface area contributed by atoms with Crippen molar-refractivity contribution in [3.63, 3.8) is 0 Å². The normalized spacial score (nSPS) is 11.2. The second-order valence-electron chi connectivity index (χ2n) is 8.53. The van der Waals surface area contributed by atoms with Gasteiger partial charge in [0.2, 0.25) is 5.91 Å². The highest BCUT2D eigenvalue weighted by atomic mass is 16.1. The summed E-state index contributed by atoms with van der Waals surface area (Å²) in [5.74, 6) is 0.0512. The van der Waals surface area contributed by atoms with Crippen LogP contribution in [0.1, 0.15) is 45.6 Å². The Bertz CT molecular complexity index is 1290. The third-order valence-corrected chi connectivity index (χ3v) is 6.24. The Morgan fingerprint density at radius 1 is 0.938 bits per heavy atom. The van der Waals surface area contributed by atoms with Crippen LogP contribution in [0.2, 0.25) is 0 Å². The van der Waals surface area contributed by atoms with Crippen LogP contribution in [0, 0.1) is 34.6 Å². The molecule has 2 aromatic heterocycles. The van der Waals surface area contributed by atoms with E-state index in [0.717, 1.165) is 44.8 Å². The lowest BCUT2D eigenvalue weighted by Crippen LogP contribution is -2.23. The molecule has 2 heterocycles. The third-order valence-electron chi connectivity index (χ3n) is 6.24. The molecule has 1 N–H and O–H groups in total. The first-order valence-electron chi connectivity index (χ1n) is 11.1. The van der Waals surface area contributed by atoms with E-state index in [4.69, 9.17) is 10.1 Å². The van der Waals surface area contributed by atoms with Crippen LogP contribution in [0.5, 0.6) is 0 Å². The maximum Gasteiger partial charge on any atom is 0.220 e. The summed E-state index contributed by atoms with van der Waals surface area (Å²) in [5.41, 5.74) is 9.69. The number of nitrogens with zero attached hydrogens (tertiary/aromatic N) is 3. The fourth-order valence-electron chi connectivity index (χ4n) is 4.24. The largest absolute Gasteiger partial charge is 0.352 e. The zero-order valence-electron chi connectivity index (χ0n) is 19.5. The van der Waals surface area contributed by atoms with Crippen LogP contribution in [0.25, 0.3) is 16.7 Å². The van der Waals surface area contributed by atoms with Gasteiger partial charge in [0.25, 0.3) is 0 Å². The van der Waals surface area contributed by atoms with Gasteiger partial charge in [-0.25, -0.2) is 9.67 Å². The van der Waals surface area contributed by atoms with Crippen molar-refractivity contribution in [3.05, 3.63) is 87.7 Å². The van der Waals surface area contributed by atoms with Gasteiger partial charge in [-0.05, 0) is 81.0 Å². The van der Waals surface area contributed by atoms with E-state index in [1.807, 2.05) is 48.9 Å². The number of amides is 1. The zero-order valence-corrected chi connectivity index (χ0v) is 19.5. The van der Waals surface area contributed by atoms with Crippen molar-refractivity contribution in [2.45, 2.75) is 54.0 Å². The fraction of sp³-hybridized carbons (Fsp3) is 0.296. The van der Waals surface area contributed by atoms with Crippen molar-refractivity contribution in [1.82, 2.24) is 20.1 Å². The number of nitrogens with one attached hydrogen (secondary N) is 1. The second-order valence-corrected chi connectivity index (χ2v) is 8.53. The molecule has 0 aliphatic carbocycles. The molecule has 32 heavy (non-hydrogen) atoms. The first kappa shape index (κ1) is 21.8. The number of pyridine rings is 1. The summed E-state index contributed by atoms with van der Waals surface area (Å²) < 4.78 is 1.94. The Morgan fingerprint density at radius 3 is 2.41 bits per heavy atom. The minimum atomic E-state index is 0.0512. The molecular weight excluding hydrogens is 396 g/mol. The maximum absolute atomic E-state index is 12.4. The van der Waals surface area contributed by atoms with Crippen molar-refractivity contribution >= 4 is 16.9 Å². The standard InChI is InChI=1S/C27H30N4O/c1-17-11-12-23(15-18(17)2)31-27-26(21(5)30-31)19(3)24(20(4)29-27)13-14-25(32)28-16-22-9-7-6-8-10-22/h6-12,15H,13-14,16H2,1-5H3,(H,28,32). The second kappa shape index (κ2) is 8.95. The smallest absolute Gasteiger partial charge is 0.220 e. The van der Waals surface area contributed by atoms with Crippen LogP contribution in [0.4, 0.5) is 0 Å². The third kappa shape index (κ3) is 4.28. The van der Waals surface area contributed by atoms with Gasteiger partial charge < -0.3 is 5.32 Å². The molecule has 2 aromatic carbocycles. The number of aryl methyl sites for hydroxylation is 5. The molecule has 5 nitrogen and oxygen atoms in total. The number of carbonyl (C=O) groups is 1. The van der Waals surface area contributed by atoms with E-state index < -0.39 is 0 Å². The van der Waals surface area contributed by atoms with Crippen molar-refractivity contribution in [2.75, 3.05) is 0 Å². The lowest BCUT2D eigenvalue weighted by atomic mass is 9.99. The molecule has 0 bridgehead atoms. The van der Waals surface area contributed by atoms with Gasteiger partial charge in [-0.2, -0.15) is 5.10 Å². The van der Waals surface area contributed by atoms with E-state index >= 15 is 0 Å². The summed E-state index contributed by atoms with van der Waals surface area (Å²) >= 11 is 0. The van der Waals surface area contributed by atoms with Crippen LogP contribution >= 0.6 is 0 Å². The predicted octanol–water partition coefficient (Wildman–Crippen LogP) is 5.21. The lowest BCUT2D eigenvalue weighted by molar-refractivity contribution is -0.121. The number of fused-ring (bicyclic) bond motifs is 1. The van der Waals surface area contributed by atoms with Gasteiger partial charge in [-0.15, -0.1) is 0 Å². The average Bonchev–Trinajstić information content (AvgIpc) is 3.10. The highest BCUT2D eigenvalue weighted by molar-refractivity contribution is 5.85. The molecule has 0 unspecified atom stereocenters. The van der Waals surface area contributed by atoms with Crippen LogP contribution < -0.4 is 5.32 Å². The molecule has 4 rings (SSSR count). The number of rotatable bonds is 6. The Balaban J connectivity index is 1.57. The number of hydrogen-bond donors (Lipinski definition) is 1. The van der Waals surface area contributed by atoms with Crippen molar-refractivity contribution in [3.8, 4) is 5.69 Å². The van der Waals surface area contributed by atoms with E-state index in [-0.39, 0.29) is 5.91 Å². The molecule has 1 amide bonds. The molecule has 0 fully saturated rings. The molecule has 5 heteroatoms. The Morgan fingerprint density at radius 2 is 1.69 bits per heavy atom. The molecule has 0 saturated heterocycles. The molecule has 0 aliphatic rings. The quantitative estimate of drug-likeness (QED) is 0.460. The SMILES string of the molecule is Cc1ccc(-n2nc(C)c3c(C)c(CCC(=O)NCc4ccccc4)c(C)nc32)cc1C. The topological polar surface area (TPSA) is 59.8 Å². The van der Waals surface area contributed by atoms with Gasteiger partial charge in [0.1, 0.15) is 0 Å². The van der Waals surface area contributed by atoms with E-state index in [2.05, 4.69) is 44.3 Å². The Kier molecular flexibility index (Phi) is 6.08. The summed E-state index contributed by atoms with van der Waals surface area (Å²) in [7, 11) is 0. The molecule has 0 aliphatic heterocycles. The van der Waals surface area contributed by atoms with Gasteiger partial charge >= 0.3 is 0 Å². The first-order valence-corrected chi connectivity index (χ1v) is 11.1. The van der Waals surface area contributed by atoms with E-state index in [9.17, 15) is 4.79 Å². The number of hydrogen-bond acceptors (Lipinski definition) is 3. The average molecular weight is 427 g/mol. The lowest BCUT2D eigenvalue weighted by Gasteiger charge is -2.12. The summed E-state index contributed by atoms with van der Waals surface area (Å²) in [6.07, 6.45) is 1.10. The van der Waals surface area contributed by atoms with Crippen LogP contribution in [-0.4, -0.2) is 20.7 Å². The van der Waals surface area contributed by atoms with Gasteiger partial charge in [0.05, 0.1) is 11.4 Å². The van der Waals surface area contributed by atoms with Crippen molar-refractivity contribution in [2.24, 2.45) is 0 Å². The van der Waals surface area contributed by atoms with Crippen LogP contribution in [0.15, 0.2) is 48.5 Å². The van der Waals surface area contributed by atoms with E-state index in [0.29, 0.717) is 19.4 Å². The minimum Gasteiger partial charge on any atom is -0.352 e. The van der Waals surface area contributed by atoms with Crippen molar-refractivity contribution in [1.29, 1.82) is 0 Å². The predicted molar refractivity (Wildman–Crippen MR) is 129 cm³/mol. The van der Waals surface area contributed by atoms with Gasteiger partial charge in [-0.3, -0.25) is 4.79 Å². The van der Waals surface area contributed by atoms with Crippen molar-refractivity contribution < 1.29 is 4.79 Å². The van der Waals surface area contributed by atoms with Gasteiger partial charge in [-0.1, -0.05) is 36.4 Å². The molecule has 4 aromatic rings. The molecular formula is C27H30N4O. The van der Waals surface area contributed by atoms with Crippen LogP contribution in [-0.2, 0) is 17.8 Å². The Labute approximate surface area is 189 Å². The monoisotopic (exact) mass is 426 g/mol. The summed E-state index contributed by atoms with van der Waals surface area (Å²) in [5, 5.41) is 8.90. The highest BCUT2D eigenvalue weighted by Crippen LogP contribution is 2.28. The fourth-order valence-corrected chi connectivity index (χ4v) is 4.24. The molecule has 0 saturated carbocycles. The molecule has 0 atom stereocenters. The number of carbonyl (C=O) groups excluding carboxylic acids is 1. The van der Waals surface area contributed by atoms with E-state index in [1.165, 1.54) is 11.1 Å². The molecule has 0 spiro atoms. The zero-order chi connectivity index (χ0) is 22.8. The minimum absolute atomic E-state index is 0.0512. The molecule has 0 radical (unpaired) electrons. The summed E-state index contributed by atoms with van der Waals surface area (Å²) in [6, 6.07) is 16.3. The number of aromatic nitrogens is 3. The number of benzene rings is 2. The van der Waals surface area contributed by atoms with Crippen LogP contribution in [0.3, 0.4) is 0 Å². The first-order chi connectivity index (χ1) is 15.3. The van der Waals surface area contributed by atoms with Gasteiger partial charge in [0.15, 0.2) is 5.65 Å². The van der Waals surface area contributed by atoms with Gasteiger partial charge in [0, 0.05) is 24.0 Å². The Hall–Kier alpha value is -3.47. The molecule has 164 valence electrons. The van der Waals surface area contributed by atoms with E-state index in [1.54, 1.807) is 0 Å². The summed E-state index contributed by atoms with van der Waals surface area (Å²) in [6.45, 7) is 10.9. The maximum atomic E-state index is 12.4. The highest BCUT2D eigenvalue weighted by Gasteiger charge is 2.18. The summed E-state index contributed by atoms with van der Waals surface area (Å²) in [4.78, 5) is 17.4.